The predicted molar refractivity (Wildman–Crippen MR) is 120 cm³/mol. The lowest BCUT2D eigenvalue weighted by Gasteiger charge is -2.18. The van der Waals surface area contributed by atoms with Crippen molar-refractivity contribution in [2.24, 2.45) is 0 Å². The molecule has 0 atom stereocenters. The van der Waals surface area contributed by atoms with Gasteiger partial charge < -0.3 is 9.84 Å². The molecule has 4 heteroatoms. The number of methoxy groups -OCH3 is 1. The number of aliphatic hydroxyl groups is 1. The van der Waals surface area contributed by atoms with Gasteiger partial charge in [0.1, 0.15) is 0 Å². The highest BCUT2D eigenvalue weighted by Gasteiger charge is 2.32. The van der Waals surface area contributed by atoms with Crippen LogP contribution in [0.25, 0.3) is 0 Å². The Morgan fingerprint density at radius 3 is 1.77 bits per heavy atom. The van der Waals surface area contributed by atoms with Gasteiger partial charge in [-0.3, -0.25) is 9.59 Å². The van der Waals surface area contributed by atoms with Gasteiger partial charge in [-0.25, -0.2) is 0 Å². The number of ether oxygens (including phenoxy) is 1. The molecule has 1 aliphatic rings. The van der Waals surface area contributed by atoms with E-state index in [-0.39, 0.29) is 22.7 Å². The molecule has 0 aromatic heterocycles. The highest BCUT2D eigenvalue weighted by atomic mass is 16.5. The van der Waals surface area contributed by atoms with Crippen LogP contribution < -0.4 is 0 Å². The van der Waals surface area contributed by atoms with Gasteiger partial charge in [0.05, 0.1) is 7.11 Å². The summed E-state index contributed by atoms with van der Waals surface area (Å²) in [6, 6.07) is 10.7. The van der Waals surface area contributed by atoms with Crippen molar-refractivity contribution >= 4 is 11.6 Å². The minimum atomic E-state index is -0.495. The monoisotopic (exact) mass is 412 g/mol. The third kappa shape index (κ3) is 7.16. The fourth-order valence-corrected chi connectivity index (χ4v) is 4.00. The second-order valence-electron chi connectivity index (χ2n) is 8.16. The van der Waals surface area contributed by atoms with Crippen molar-refractivity contribution in [2.45, 2.75) is 84.0 Å². The van der Waals surface area contributed by atoms with Crippen LogP contribution in [0, 0.1) is 0 Å². The smallest absolute Gasteiger partial charge is 0.227 e. The number of hydrogen-bond acceptors (Lipinski definition) is 4. The zero-order valence-electron chi connectivity index (χ0n) is 18.5. The first-order valence-corrected chi connectivity index (χ1v) is 11.4. The Bertz CT molecular complexity index is 758. The van der Waals surface area contributed by atoms with Gasteiger partial charge in [-0.1, -0.05) is 81.7 Å². The first-order valence-electron chi connectivity index (χ1n) is 11.4. The fraction of sp³-hybridized carbons (Fsp3) is 0.538. The maximum absolute atomic E-state index is 12.4. The van der Waals surface area contributed by atoms with E-state index in [9.17, 15) is 14.7 Å². The number of carbonyl (C=O) groups is 2. The van der Waals surface area contributed by atoms with E-state index in [1.165, 1.54) is 71.0 Å². The maximum atomic E-state index is 12.4. The third-order valence-corrected chi connectivity index (χ3v) is 5.85. The maximum Gasteiger partial charge on any atom is 0.227 e. The molecule has 0 spiro atoms. The highest BCUT2D eigenvalue weighted by molar-refractivity contribution is 6.23. The Labute approximate surface area is 181 Å². The van der Waals surface area contributed by atoms with Gasteiger partial charge >= 0.3 is 0 Å². The van der Waals surface area contributed by atoms with Crippen molar-refractivity contribution in [1.29, 1.82) is 0 Å². The van der Waals surface area contributed by atoms with Crippen LogP contribution in [0.1, 0.15) is 83.1 Å². The molecule has 30 heavy (non-hydrogen) atoms. The van der Waals surface area contributed by atoms with Gasteiger partial charge in [0, 0.05) is 11.1 Å². The summed E-state index contributed by atoms with van der Waals surface area (Å²) in [5, 5.41) is 10.0. The van der Waals surface area contributed by atoms with Crippen LogP contribution in [0.3, 0.4) is 0 Å². The summed E-state index contributed by atoms with van der Waals surface area (Å²) < 4.78 is 5.06. The van der Waals surface area contributed by atoms with Crippen molar-refractivity contribution < 1.29 is 19.4 Å². The minimum Gasteiger partial charge on any atom is -0.504 e. The summed E-state index contributed by atoms with van der Waals surface area (Å²) in [5.41, 5.74) is 1.83. The Morgan fingerprint density at radius 2 is 1.23 bits per heavy atom. The van der Waals surface area contributed by atoms with Crippen LogP contribution in [0.5, 0.6) is 0 Å². The molecule has 1 aromatic rings. The number of Topliss-reactive ketones (excluding diaryl/α,β-unsaturated/α-hetero) is 2. The zero-order chi connectivity index (χ0) is 21.8. The molecular formula is C26H36O4. The molecule has 0 saturated carbocycles. The number of ketones is 2. The number of rotatable bonds is 14. The van der Waals surface area contributed by atoms with E-state index >= 15 is 0 Å². The summed E-state index contributed by atoms with van der Waals surface area (Å²) in [5.74, 6) is -1.17. The second-order valence-corrected chi connectivity index (χ2v) is 8.16. The molecule has 0 aliphatic heterocycles. The minimum absolute atomic E-state index is 0.0663. The van der Waals surface area contributed by atoms with E-state index < -0.39 is 11.5 Å². The number of carbonyl (C=O) groups excluding carboxylic acids is 2. The number of hydrogen-bond donors (Lipinski definition) is 1. The first-order chi connectivity index (χ1) is 14.6. The van der Waals surface area contributed by atoms with Gasteiger partial charge in [-0.15, -0.1) is 0 Å². The number of aryl methyl sites for hydroxylation is 1. The number of aliphatic hydroxyl groups excluding tert-OH is 1. The van der Waals surface area contributed by atoms with E-state index in [2.05, 4.69) is 30.3 Å². The molecule has 0 amide bonds. The van der Waals surface area contributed by atoms with Crippen molar-refractivity contribution in [3.8, 4) is 0 Å². The average Bonchev–Trinajstić information content (AvgIpc) is 2.76. The zero-order valence-corrected chi connectivity index (χ0v) is 18.5. The lowest BCUT2D eigenvalue weighted by molar-refractivity contribution is -0.120. The molecule has 1 N–H and O–H groups in total. The van der Waals surface area contributed by atoms with Gasteiger partial charge in [0.2, 0.25) is 11.6 Å². The lowest BCUT2D eigenvalue weighted by Crippen LogP contribution is -2.24. The number of benzene rings is 1. The van der Waals surface area contributed by atoms with E-state index in [0.717, 1.165) is 19.3 Å². The molecule has 0 radical (unpaired) electrons. The van der Waals surface area contributed by atoms with E-state index in [1.54, 1.807) is 0 Å². The Balaban J connectivity index is 1.49. The van der Waals surface area contributed by atoms with Crippen LogP contribution in [0.4, 0.5) is 0 Å². The third-order valence-electron chi connectivity index (χ3n) is 5.85. The molecule has 0 fully saturated rings. The summed E-state index contributed by atoms with van der Waals surface area (Å²) in [6.45, 7) is 1.51. The average molecular weight is 413 g/mol. The van der Waals surface area contributed by atoms with Crippen molar-refractivity contribution in [3.05, 3.63) is 58.6 Å². The molecule has 2 rings (SSSR count). The van der Waals surface area contributed by atoms with E-state index in [0.29, 0.717) is 6.42 Å². The van der Waals surface area contributed by atoms with Crippen molar-refractivity contribution in [3.63, 3.8) is 0 Å². The summed E-state index contributed by atoms with van der Waals surface area (Å²) in [6.07, 6.45) is 13.5. The molecule has 164 valence electrons. The van der Waals surface area contributed by atoms with Gasteiger partial charge in [-0.2, -0.15) is 0 Å². The first kappa shape index (κ1) is 23.9. The Morgan fingerprint density at radius 1 is 0.733 bits per heavy atom. The number of unbranched alkanes of at least 4 members (excludes halogenated alkanes) is 9. The molecule has 1 aromatic carbocycles. The summed E-state index contributed by atoms with van der Waals surface area (Å²) in [7, 11) is 1.38. The van der Waals surface area contributed by atoms with Crippen LogP contribution in [0.2, 0.25) is 0 Å². The summed E-state index contributed by atoms with van der Waals surface area (Å²) >= 11 is 0. The van der Waals surface area contributed by atoms with E-state index in [4.69, 9.17) is 4.74 Å². The van der Waals surface area contributed by atoms with Gasteiger partial charge in [0.25, 0.3) is 0 Å². The second kappa shape index (κ2) is 13.0. The topological polar surface area (TPSA) is 63.6 Å². The normalized spacial score (nSPS) is 14.6. The highest BCUT2D eigenvalue weighted by Crippen LogP contribution is 2.27. The molecule has 4 nitrogen and oxygen atoms in total. The molecule has 1 aliphatic carbocycles. The molecular weight excluding hydrogens is 376 g/mol. The fourth-order valence-electron chi connectivity index (χ4n) is 4.00. The van der Waals surface area contributed by atoms with Crippen LogP contribution in [-0.2, 0) is 20.7 Å². The van der Waals surface area contributed by atoms with Crippen LogP contribution in [0.15, 0.2) is 53.0 Å². The molecule has 0 unspecified atom stereocenters. The molecule has 0 saturated heterocycles. The molecule has 0 bridgehead atoms. The van der Waals surface area contributed by atoms with Crippen LogP contribution >= 0.6 is 0 Å². The quantitative estimate of drug-likeness (QED) is 0.283. The van der Waals surface area contributed by atoms with Crippen molar-refractivity contribution in [1.82, 2.24) is 0 Å². The molecule has 0 heterocycles. The Kier molecular flexibility index (Phi) is 10.4. The summed E-state index contributed by atoms with van der Waals surface area (Å²) in [4.78, 5) is 24.4. The van der Waals surface area contributed by atoms with Crippen molar-refractivity contribution in [2.75, 3.05) is 7.11 Å². The standard InChI is InChI=1S/C26H36O4/c1-20-23(27)24(28)22(25(29)26(20)30-2)19-15-10-8-6-4-3-5-7-9-12-16-21-17-13-11-14-18-21/h11,13-14,17-18,28H,3-10,12,15-16,19H2,1-2H3. The predicted octanol–water partition coefficient (Wildman–Crippen LogP) is 6.40. The number of allylic oxidation sites excluding steroid dienone is 2. The Hall–Kier alpha value is -2.36. The van der Waals surface area contributed by atoms with Crippen LogP contribution in [-0.4, -0.2) is 23.8 Å². The van der Waals surface area contributed by atoms with E-state index in [1.807, 2.05) is 0 Å². The lowest BCUT2D eigenvalue weighted by atomic mass is 9.91. The largest absolute Gasteiger partial charge is 0.504 e. The SMILES string of the molecule is COC1=C(C)C(=O)C(O)=C(CCCCCCCCCCCCc2ccccc2)C1=O. The van der Waals surface area contributed by atoms with Gasteiger partial charge in [0.15, 0.2) is 11.5 Å². The van der Waals surface area contributed by atoms with Gasteiger partial charge in [-0.05, 0) is 38.2 Å².